The maximum Gasteiger partial charge on any atom is 0.126 e. The lowest BCUT2D eigenvalue weighted by molar-refractivity contribution is 0.274. The lowest BCUT2D eigenvalue weighted by atomic mass is 9.72. The van der Waals surface area contributed by atoms with Crippen molar-refractivity contribution in [1.82, 2.24) is 0 Å². The fourth-order valence-corrected chi connectivity index (χ4v) is 17.5. The fraction of sp³-hybridized carbons (Fsp3) is 0.574. The lowest BCUT2D eigenvalue weighted by Gasteiger charge is -2.47. The molecule has 0 N–H and O–H groups in total. The van der Waals surface area contributed by atoms with Crippen LogP contribution >= 0.6 is 0 Å². The van der Waals surface area contributed by atoms with Crippen LogP contribution in [0.4, 0.5) is 0 Å². The highest BCUT2D eigenvalue weighted by Gasteiger charge is 2.59. The summed E-state index contributed by atoms with van der Waals surface area (Å²) in [6.45, 7) is 32.2. The van der Waals surface area contributed by atoms with Gasteiger partial charge in [0.2, 0.25) is 0 Å². The Morgan fingerprint density at radius 3 is 1.69 bits per heavy atom. The van der Waals surface area contributed by atoms with Gasteiger partial charge in [-0.2, -0.15) is 0 Å². The highest BCUT2D eigenvalue weighted by molar-refractivity contribution is 6.80. The largest absolute Gasteiger partial charge is 0.496 e. The zero-order valence-electron chi connectivity index (χ0n) is 33.4. The monoisotopic (exact) mass is 674 g/mol. The number of hydrogen-bond acceptors (Lipinski definition) is 1. The molecule has 0 radical (unpaired) electrons. The van der Waals surface area contributed by atoms with E-state index in [9.17, 15) is 0 Å². The molecule has 2 fully saturated rings. The molecular formula is C47H66OSi. The van der Waals surface area contributed by atoms with Gasteiger partial charge in [-0.1, -0.05) is 162 Å². The van der Waals surface area contributed by atoms with Crippen molar-refractivity contribution >= 4 is 19.2 Å². The summed E-state index contributed by atoms with van der Waals surface area (Å²) in [5.74, 6) is 4.80. The van der Waals surface area contributed by atoms with E-state index in [-0.39, 0.29) is 16.2 Å². The third-order valence-corrected chi connectivity index (χ3v) is 18.6. The number of hydrogen-bond donors (Lipinski definition) is 0. The quantitative estimate of drug-likeness (QED) is 0.287. The molecule has 2 aromatic carbocycles. The van der Waals surface area contributed by atoms with Gasteiger partial charge in [0.15, 0.2) is 0 Å². The number of methoxy groups -OCH3 is 1. The van der Waals surface area contributed by atoms with Gasteiger partial charge in [0, 0.05) is 5.57 Å². The normalized spacial score (nSPS) is 30.8. The second-order valence-corrected chi connectivity index (χ2v) is 25.1. The van der Waals surface area contributed by atoms with E-state index in [0.717, 1.165) is 16.8 Å². The zero-order valence-corrected chi connectivity index (χ0v) is 34.4. The SMILES string of the molecule is COC1=C(c2ccccc2)C2CC(C)C([Si](C)(C)C3C(C)CC4C(c5ccc(C(C)(C)C)cc5)=CC(C(C)(C)C)=CC43)C2C=C1C(C)(C)C. The van der Waals surface area contributed by atoms with Crippen molar-refractivity contribution in [3.63, 3.8) is 0 Å². The van der Waals surface area contributed by atoms with Crippen molar-refractivity contribution < 1.29 is 4.74 Å². The third kappa shape index (κ3) is 6.43. The van der Waals surface area contributed by atoms with E-state index < -0.39 is 8.07 Å². The van der Waals surface area contributed by atoms with Crippen LogP contribution in [-0.2, 0) is 10.2 Å². The number of benzene rings is 2. The summed E-state index contributed by atoms with van der Waals surface area (Å²) in [4.78, 5) is 0. The van der Waals surface area contributed by atoms with E-state index in [4.69, 9.17) is 4.74 Å². The van der Waals surface area contributed by atoms with Gasteiger partial charge in [0.25, 0.3) is 0 Å². The molecule has 0 spiro atoms. The van der Waals surface area contributed by atoms with Crippen LogP contribution in [0.5, 0.6) is 0 Å². The molecule has 0 heterocycles. The first-order valence-electron chi connectivity index (χ1n) is 19.4. The Hall–Kier alpha value is -2.58. The van der Waals surface area contributed by atoms with Gasteiger partial charge in [-0.15, -0.1) is 0 Å². The molecule has 2 saturated carbocycles. The molecule has 6 rings (SSSR count). The molecule has 2 aromatic rings. The fourth-order valence-electron chi connectivity index (χ4n) is 11.2. The average Bonchev–Trinajstić information content (AvgIpc) is 3.54. The summed E-state index contributed by atoms with van der Waals surface area (Å²) in [6.07, 6.45) is 10.7. The topological polar surface area (TPSA) is 9.23 Å². The minimum absolute atomic E-state index is 0.0140. The zero-order chi connectivity index (χ0) is 35.8. The van der Waals surface area contributed by atoms with Crippen LogP contribution in [0.3, 0.4) is 0 Å². The second kappa shape index (κ2) is 12.6. The summed E-state index contributed by atoms with van der Waals surface area (Å²) in [6, 6.07) is 20.9. The van der Waals surface area contributed by atoms with Gasteiger partial charge < -0.3 is 4.74 Å². The van der Waals surface area contributed by atoms with Crippen molar-refractivity contribution in [3.05, 3.63) is 106 Å². The van der Waals surface area contributed by atoms with Crippen molar-refractivity contribution in [2.45, 2.75) is 119 Å². The number of ether oxygens (including phenoxy) is 1. The Morgan fingerprint density at radius 2 is 1.18 bits per heavy atom. The van der Waals surface area contributed by atoms with Gasteiger partial charge in [-0.05, 0) is 109 Å². The Bertz CT molecular complexity index is 1660. The molecule has 0 aliphatic heterocycles. The van der Waals surface area contributed by atoms with Crippen LogP contribution in [0.15, 0.2) is 89.7 Å². The van der Waals surface area contributed by atoms with Crippen LogP contribution < -0.4 is 0 Å². The summed E-state index contributed by atoms with van der Waals surface area (Å²) < 4.78 is 6.38. The highest BCUT2D eigenvalue weighted by Crippen LogP contribution is 2.66. The number of fused-ring (bicyclic) bond motifs is 2. The predicted octanol–water partition coefficient (Wildman–Crippen LogP) is 13.4. The summed E-state index contributed by atoms with van der Waals surface area (Å²) in [7, 11) is 0.0357. The minimum atomic E-state index is -1.86. The first-order chi connectivity index (χ1) is 22.7. The molecule has 8 atom stereocenters. The number of rotatable bonds is 5. The van der Waals surface area contributed by atoms with Crippen LogP contribution in [0.2, 0.25) is 24.2 Å². The third-order valence-electron chi connectivity index (χ3n) is 13.3. The van der Waals surface area contributed by atoms with E-state index in [1.807, 2.05) is 7.11 Å². The standard InChI is InChI=1S/C47H66OSi/c1-29-24-36-35(31-20-22-33(23-21-31)45(3,4)5)26-34(46(6,7)8)27-38(36)43(29)49(13,14)44-30(2)25-37-39(44)28-40(47(9,10)11)42(48-12)41(37)32-18-16-15-17-19-32/h15-23,26-30,36-39,43-44H,24-25H2,1-14H3. The summed E-state index contributed by atoms with van der Waals surface area (Å²) >= 11 is 0. The van der Waals surface area contributed by atoms with E-state index in [0.29, 0.717) is 35.5 Å². The van der Waals surface area contributed by atoms with Gasteiger partial charge in [-0.25, -0.2) is 0 Å². The molecule has 0 aromatic heterocycles. The Balaban J connectivity index is 1.43. The van der Waals surface area contributed by atoms with E-state index in [1.165, 1.54) is 46.3 Å². The molecule has 8 unspecified atom stereocenters. The Morgan fingerprint density at radius 1 is 0.633 bits per heavy atom. The average molecular weight is 675 g/mol. The predicted molar refractivity (Wildman–Crippen MR) is 215 cm³/mol. The van der Waals surface area contributed by atoms with Gasteiger partial charge >= 0.3 is 0 Å². The van der Waals surface area contributed by atoms with Crippen LogP contribution in [0.1, 0.15) is 106 Å². The smallest absolute Gasteiger partial charge is 0.126 e. The first kappa shape index (κ1) is 36.2. The molecule has 0 saturated heterocycles. The van der Waals surface area contributed by atoms with E-state index in [2.05, 4.69) is 162 Å². The molecular weight excluding hydrogens is 609 g/mol. The van der Waals surface area contributed by atoms with Gasteiger partial charge in [-0.3, -0.25) is 0 Å². The lowest BCUT2D eigenvalue weighted by Crippen LogP contribution is -2.46. The molecule has 264 valence electrons. The van der Waals surface area contributed by atoms with Crippen LogP contribution in [-0.4, -0.2) is 15.2 Å². The van der Waals surface area contributed by atoms with Crippen LogP contribution in [0.25, 0.3) is 11.1 Å². The van der Waals surface area contributed by atoms with E-state index in [1.54, 1.807) is 5.57 Å². The molecule has 49 heavy (non-hydrogen) atoms. The van der Waals surface area contributed by atoms with Crippen molar-refractivity contribution in [3.8, 4) is 0 Å². The molecule has 1 nitrogen and oxygen atoms in total. The number of allylic oxidation sites excluding steroid dienone is 7. The van der Waals surface area contributed by atoms with Crippen molar-refractivity contribution in [1.29, 1.82) is 0 Å². The second-order valence-electron chi connectivity index (χ2n) is 20.1. The van der Waals surface area contributed by atoms with Crippen molar-refractivity contribution in [2.24, 2.45) is 46.3 Å². The Labute approximate surface area is 301 Å². The maximum absolute atomic E-state index is 6.38. The summed E-state index contributed by atoms with van der Waals surface area (Å²) in [5, 5.41) is 0. The summed E-state index contributed by atoms with van der Waals surface area (Å²) in [5.41, 5.74) is 12.0. The van der Waals surface area contributed by atoms with Gasteiger partial charge in [0.05, 0.1) is 15.2 Å². The maximum atomic E-state index is 6.38. The van der Waals surface area contributed by atoms with Crippen molar-refractivity contribution in [2.75, 3.05) is 7.11 Å². The molecule has 4 aliphatic carbocycles. The van der Waals surface area contributed by atoms with E-state index >= 15 is 0 Å². The minimum Gasteiger partial charge on any atom is -0.496 e. The first-order valence-corrected chi connectivity index (χ1v) is 22.5. The molecule has 4 aliphatic rings. The van der Waals surface area contributed by atoms with Crippen LogP contribution in [0, 0.1) is 46.3 Å². The molecule has 0 bridgehead atoms. The Kier molecular flexibility index (Phi) is 9.29. The highest BCUT2D eigenvalue weighted by atomic mass is 28.3. The molecule has 2 heteroatoms. The molecule has 0 amide bonds. The van der Waals surface area contributed by atoms with Gasteiger partial charge in [0.1, 0.15) is 5.76 Å².